The van der Waals surface area contributed by atoms with Crippen LogP contribution in [0.5, 0.6) is 0 Å². The minimum absolute atomic E-state index is 0.249. The topological polar surface area (TPSA) is 54.6 Å². The molecule has 1 aliphatic rings. The number of carbonyl (C=O) groups excluding carboxylic acids is 1. The highest BCUT2D eigenvalue weighted by Crippen LogP contribution is 2.32. The predicted molar refractivity (Wildman–Crippen MR) is 109 cm³/mol. The van der Waals surface area contributed by atoms with E-state index in [0.29, 0.717) is 27.3 Å². The molecule has 0 saturated carbocycles. The van der Waals surface area contributed by atoms with Crippen molar-refractivity contribution < 1.29 is 9.21 Å². The number of nitrogens with zero attached hydrogens (tertiary/aromatic N) is 1. The van der Waals surface area contributed by atoms with E-state index in [-0.39, 0.29) is 5.91 Å². The number of hydrogen-bond acceptors (Lipinski definition) is 5. The van der Waals surface area contributed by atoms with Crippen LogP contribution < -0.4 is 5.32 Å². The van der Waals surface area contributed by atoms with Gasteiger partial charge in [-0.15, -0.1) is 11.8 Å². The average Bonchev–Trinajstić information content (AvgIpc) is 3.29. The van der Waals surface area contributed by atoms with Gasteiger partial charge in [-0.2, -0.15) is 0 Å². The van der Waals surface area contributed by atoms with E-state index >= 15 is 0 Å². The summed E-state index contributed by atoms with van der Waals surface area (Å²) in [6.07, 6.45) is 0. The van der Waals surface area contributed by atoms with Gasteiger partial charge in [-0.1, -0.05) is 41.6 Å². The van der Waals surface area contributed by atoms with Crippen molar-refractivity contribution in [1.29, 1.82) is 0 Å². The first-order valence-corrected chi connectivity index (χ1v) is 10.4. The molecule has 2 aromatic carbocycles. The molecule has 0 aliphatic carbocycles. The Balaban J connectivity index is 1.62. The van der Waals surface area contributed by atoms with Crippen LogP contribution in [0.25, 0.3) is 11.0 Å². The van der Waals surface area contributed by atoms with Crippen LogP contribution in [0, 0.1) is 0 Å². The SMILES string of the molecule is O=C(NC1=NCCS1)c1oc2ccccc2c1CSc1ccc(Cl)cc1. The first kappa shape index (κ1) is 17.5. The zero-order valence-corrected chi connectivity index (χ0v) is 16.1. The number of thioether (sulfide) groups is 2. The lowest BCUT2D eigenvalue weighted by molar-refractivity contribution is 0.0952. The second kappa shape index (κ2) is 7.78. The summed E-state index contributed by atoms with van der Waals surface area (Å²) in [7, 11) is 0. The fourth-order valence-corrected chi connectivity index (χ4v) is 4.45. The molecule has 0 radical (unpaired) electrons. The molecule has 0 spiro atoms. The number of amides is 1. The highest BCUT2D eigenvalue weighted by atomic mass is 35.5. The molecule has 2 heterocycles. The van der Waals surface area contributed by atoms with Gasteiger partial charge in [-0.3, -0.25) is 15.1 Å². The number of carbonyl (C=O) groups is 1. The van der Waals surface area contributed by atoms with E-state index in [1.807, 2.05) is 48.5 Å². The molecule has 1 aliphatic heterocycles. The predicted octanol–water partition coefficient (Wildman–Crippen LogP) is 5.21. The van der Waals surface area contributed by atoms with Crippen LogP contribution in [-0.2, 0) is 5.75 Å². The Kier molecular flexibility index (Phi) is 5.24. The third kappa shape index (κ3) is 3.77. The number of fused-ring (bicyclic) bond motifs is 1. The molecule has 1 amide bonds. The number of halogens is 1. The van der Waals surface area contributed by atoms with Crippen molar-refractivity contribution in [2.45, 2.75) is 10.6 Å². The van der Waals surface area contributed by atoms with Gasteiger partial charge < -0.3 is 4.42 Å². The summed E-state index contributed by atoms with van der Waals surface area (Å²) >= 11 is 9.14. The molecule has 132 valence electrons. The van der Waals surface area contributed by atoms with E-state index in [0.717, 1.165) is 28.1 Å². The molecule has 1 aromatic heterocycles. The van der Waals surface area contributed by atoms with Crippen LogP contribution >= 0.6 is 35.1 Å². The average molecular weight is 403 g/mol. The number of nitrogens with one attached hydrogen (secondary N) is 1. The van der Waals surface area contributed by atoms with Crippen LogP contribution in [-0.4, -0.2) is 23.4 Å². The van der Waals surface area contributed by atoms with Crippen molar-refractivity contribution >= 4 is 57.2 Å². The van der Waals surface area contributed by atoms with Gasteiger partial charge in [0.15, 0.2) is 10.9 Å². The Morgan fingerprint density at radius 1 is 1.23 bits per heavy atom. The molecule has 3 aromatic rings. The van der Waals surface area contributed by atoms with Gasteiger partial charge >= 0.3 is 0 Å². The summed E-state index contributed by atoms with van der Waals surface area (Å²) in [5, 5.41) is 5.18. The maximum absolute atomic E-state index is 12.7. The summed E-state index contributed by atoms with van der Waals surface area (Å²) in [5.74, 6) is 1.62. The number of aliphatic imine (C=N–C) groups is 1. The van der Waals surface area contributed by atoms with Gasteiger partial charge in [0.05, 0.1) is 6.54 Å². The Morgan fingerprint density at radius 3 is 2.81 bits per heavy atom. The van der Waals surface area contributed by atoms with E-state index < -0.39 is 0 Å². The summed E-state index contributed by atoms with van der Waals surface area (Å²) in [6, 6.07) is 15.4. The van der Waals surface area contributed by atoms with Crippen molar-refractivity contribution in [3.8, 4) is 0 Å². The third-order valence-electron chi connectivity index (χ3n) is 3.91. The van der Waals surface area contributed by atoms with E-state index in [9.17, 15) is 4.79 Å². The van der Waals surface area contributed by atoms with Crippen molar-refractivity contribution in [1.82, 2.24) is 5.32 Å². The molecule has 1 N–H and O–H groups in total. The van der Waals surface area contributed by atoms with Gasteiger partial charge in [0.2, 0.25) is 0 Å². The quantitative estimate of drug-likeness (QED) is 0.608. The molecule has 0 unspecified atom stereocenters. The summed E-state index contributed by atoms with van der Waals surface area (Å²) in [6.45, 7) is 0.736. The first-order valence-electron chi connectivity index (χ1n) is 8.08. The molecule has 0 bridgehead atoms. The number of benzene rings is 2. The zero-order valence-electron chi connectivity index (χ0n) is 13.7. The molecule has 0 saturated heterocycles. The first-order chi connectivity index (χ1) is 12.7. The number of para-hydroxylation sites is 1. The Bertz CT molecular complexity index is 983. The highest BCUT2D eigenvalue weighted by Gasteiger charge is 2.22. The molecular weight excluding hydrogens is 388 g/mol. The van der Waals surface area contributed by atoms with E-state index in [4.69, 9.17) is 16.0 Å². The zero-order chi connectivity index (χ0) is 17.9. The normalized spacial score (nSPS) is 13.8. The smallest absolute Gasteiger partial charge is 0.293 e. The summed E-state index contributed by atoms with van der Waals surface area (Å²) in [5.41, 5.74) is 1.60. The van der Waals surface area contributed by atoms with Gasteiger partial charge in [0.25, 0.3) is 5.91 Å². The van der Waals surface area contributed by atoms with Gasteiger partial charge in [0.1, 0.15) is 5.58 Å². The van der Waals surface area contributed by atoms with Crippen molar-refractivity contribution in [3.63, 3.8) is 0 Å². The summed E-state index contributed by atoms with van der Waals surface area (Å²) < 4.78 is 5.87. The molecule has 4 nitrogen and oxygen atoms in total. The number of hydrogen-bond donors (Lipinski definition) is 1. The van der Waals surface area contributed by atoms with Crippen LogP contribution in [0.3, 0.4) is 0 Å². The molecular formula is C19H15ClN2O2S2. The largest absolute Gasteiger partial charge is 0.451 e. The second-order valence-electron chi connectivity index (χ2n) is 5.64. The van der Waals surface area contributed by atoms with Gasteiger partial charge in [-0.05, 0) is 30.3 Å². The highest BCUT2D eigenvalue weighted by molar-refractivity contribution is 8.14. The van der Waals surface area contributed by atoms with Crippen LogP contribution in [0.15, 0.2) is 62.8 Å². The second-order valence-corrected chi connectivity index (χ2v) is 8.21. The fraction of sp³-hybridized carbons (Fsp3) is 0.158. The van der Waals surface area contributed by atoms with E-state index in [2.05, 4.69) is 10.3 Å². The number of furan rings is 1. The van der Waals surface area contributed by atoms with Gasteiger partial charge in [-0.25, -0.2) is 0 Å². The molecule has 26 heavy (non-hydrogen) atoms. The van der Waals surface area contributed by atoms with Crippen LogP contribution in [0.4, 0.5) is 0 Å². The van der Waals surface area contributed by atoms with E-state index in [1.54, 1.807) is 23.5 Å². The minimum atomic E-state index is -0.249. The minimum Gasteiger partial charge on any atom is -0.451 e. The van der Waals surface area contributed by atoms with E-state index in [1.165, 1.54) is 0 Å². The number of rotatable bonds is 4. The van der Waals surface area contributed by atoms with Crippen molar-refractivity contribution in [3.05, 3.63) is 64.9 Å². The Hall–Kier alpha value is -1.89. The van der Waals surface area contributed by atoms with Crippen LogP contribution in [0.1, 0.15) is 16.1 Å². The molecule has 0 atom stereocenters. The molecule has 0 fully saturated rings. The summed E-state index contributed by atoms with van der Waals surface area (Å²) in [4.78, 5) is 18.1. The van der Waals surface area contributed by atoms with Crippen molar-refractivity contribution in [2.24, 2.45) is 4.99 Å². The lowest BCUT2D eigenvalue weighted by Gasteiger charge is -2.05. The Morgan fingerprint density at radius 2 is 2.04 bits per heavy atom. The Labute approximate surface area is 164 Å². The maximum atomic E-state index is 12.7. The fourth-order valence-electron chi connectivity index (χ4n) is 2.68. The molecule has 7 heteroatoms. The molecule has 4 rings (SSSR count). The lowest BCUT2D eigenvalue weighted by Crippen LogP contribution is -2.27. The van der Waals surface area contributed by atoms with Crippen molar-refractivity contribution in [2.75, 3.05) is 12.3 Å². The van der Waals surface area contributed by atoms with Gasteiger partial charge in [0, 0.05) is 32.4 Å². The lowest BCUT2D eigenvalue weighted by atomic mass is 10.1. The third-order valence-corrected chi connectivity index (χ3v) is 6.09. The number of amidine groups is 1. The van der Waals surface area contributed by atoms with Crippen LogP contribution in [0.2, 0.25) is 5.02 Å². The monoisotopic (exact) mass is 402 g/mol. The maximum Gasteiger partial charge on any atom is 0.293 e. The standard InChI is InChI=1S/C19H15ClN2O2S2/c20-12-5-7-13(8-6-12)26-11-15-14-3-1-2-4-16(14)24-17(15)18(23)22-19-21-9-10-25-19/h1-8H,9-11H2,(H,21,22,23).